The summed E-state index contributed by atoms with van der Waals surface area (Å²) in [4.78, 5) is 28.6. The first kappa shape index (κ1) is 22.3. The monoisotopic (exact) mass is 440 g/mol. The van der Waals surface area contributed by atoms with Gasteiger partial charge in [-0.2, -0.15) is 0 Å². The molecule has 1 N–H and O–H groups in total. The van der Waals surface area contributed by atoms with E-state index < -0.39 is 0 Å². The molecule has 1 aliphatic heterocycles. The lowest BCUT2D eigenvalue weighted by atomic mass is 10.0. The van der Waals surface area contributed by atoms with Crippen LogP contribution in [0.15, 0.2) is 72.4 Å². The van der Waals surface area contributed by atoms with E-state index in [0.717, 1.165) is 16.8 Å². The zero-order valence-corrected chi connectivity index (χ0v) is 19.6. The number of ether oxygens (including phenoxy) is 1. The minimum absolute atomic E-state index is 0.237. The highest BCUT2D eigenvalue weighted by Crippen LogP contribution is 2.37. The third-order valence-electron chi connectivity index (χ3n) is 5.77. The second-order valence-corrected chi connectivity index (χ2v) is 8.64. The van der Waals surface area contributed by atoms with Crippen molar-refractivity contribution in [2.24, 2.45) is 0 Å². The van der Waals surface area contributed by atoms with Crippen LogP contribution < -0.4 is 15.0 Å². The van der Waals surface area contributed by atoms with Crippen molar-refractivity contribution < 1.29 is 14.3 Å². The molecule has 2 amide bonds. The molecule has 3 aromatic carbocycles. The van der Waals surface area contributed by atoms with Crippen LogP contribution in [-0.4, -0.2) is 18.9 Å². The van der Waals surface area contributed by atoms with Gasteiger partial charge in [0.2, 0.25) is 0 Å². The minimum atomic E-state index is -0.390. The summed E-state index contributed by atoms with van der Waals surface area (Å²) >= 11 is 0. The van der Waals surface area contributed by atoms with Crippen molar-refractivity contribution in [1.29, 1.82) is 0 Å². The van der Waals surface area contributed by atoms with Gasteiger partial charge in [-0.3, -0.25) is 9.59 Å². The van der Waals surface area contributed by atoms with Gasteiger partial charge in [0.15, 0.2) is 0 Å². The zero-order valence-electron chi connectivity index (χ0n) is 19.6. The van der Waals surface area contributed by atoms with Crippen molar-refractivity contribution in [3.05, 3.63) is 94.7 Å². The van der Waals surface area contributed by atoms with Crippen molar-refractivity contribution in [2.45, 2.75) is 33.6 Å². The van der Waals surface area contributed by atoms with Crippen LogP contribution in [0, 0.1) is 13.8 Å². The van der Waals surface area contributed by atoms with Crippen LogP contribution in [0.4, 0.5) is 11.4 Å². The standard InChI is InChI=1S/C28H28N2O3/c1-17(2)20-10-12-21(13-11-20)29-26-25(23-8-6-7-9-24(23)33-5)27(31)30(28(26)32)22-15-18(3)14-19(4)16-22/h6-17,29H,1-5H3. The number of nitrogens with zero attached hydrogens (tertiary/aromatic N) is 1. The molecule has 0 fully saturated rings. The van der Waals surface area contributed by atoms with E-state index in [2.05, 4.69) is 19.2 Å². The number of hydrogen-bond acceptors (Lipinski definition) is 4. The summed E-state index contributed by atoms with van der Waals surface area (Å²) in [5.74, 6) is 0.164. The highest BCUT2D eigenvalue weighted by Gasteiger charge is 2.41. The number of aryl methyl sites for hydroxylation is 2. The van der Waals surface area contributed by atoms with E-state index in [0.29, 0.717) is 28.5 Å². The number of carbonyl (C=O) groups excluding carboxylic acids is 2. The molecule has 0 radical (unpaired) electrons. The van der Waals surface area contributed by atoms with Crippen LogP contribution in [0.25, 0.3) is 5.57 Å². The predicted octanol–water partition coefficient (Wildman–Crippen LogP) is 5.83. The predicted molar refractivity (Wildman–Crippen MR) is 132 cm³/mol. The molecule has 0 unspecified atom stereocenters. The molecule has 1 heterocycles. The molecule has 0 spiro atoms. The summed E-state index contributed by atoms with van der Waals surface area (Å²) in [6.45, 7) is 8.16. The van der Waals surface area contributed by atoms with Gasteiger partial charge in [-0.05, 0) is 66.8 Å². The number of anilines is 2. The van der Waals surface area contributed by atoms with E-state index in [1.165, 1.54) is 10.5 Å². The number of nitrogens with one attached hydrogen (secondary N) is 1. The average molecular weight is 441 g/mol. The van der Waals surface area contributed by atoms with Gasteiger partial charge in [-0.1, -0.05) is 50.2 Å². The Labute approximate surface area is 194 Å². The van der Waals surface area contributed by atoms with Gasteiger partial charge in [0.1, 0.15) is 11.4 Å². The molecule has 5 nitrogen and oxygen atoms in total. The van der Waals surface area contributed by atoms with Crippen molar-refractivity contribution in [3.8, 4) is 5.75 Å². The molecule has 0 bridgehead atoms. The summed E-state index contributed by atoms with van der Waals surface area (Å²) in [5.41, 5.74) is 5.57. The molecular formula is C28H28N2O3. The van der Waals surface area contributed by atoms with Crippen molar-refractivity contribution in [1.82, 2.24) is 0 Å². The van der Waals surface area contributed by atoms with E-state index in [4.69, 9.17) is 4.74 Å². The number of rotatable bonds is 6. The fourth-order valence-electron chi connectivity index (χ4n) is 4.16. The summed E-state index contributed by atoms with van der Waals surface area (Å²) < 4.78 is 5.52. The molecule has 3 aromatic rings. The Hall–Kier alpha value is -3.86. The molecule has 0 saturated heterocycles. The summed E-state index contributed by atoms with van der Waals surface area (Å²) in [5, 5.41) is 3.23. The van der Waals surface area contributed by atoms with Crippen LogP contribution in [0.1, 0.15) is 42.0 Å². The maximum atomic E-state index is 13.7. The van der Waals surface area contributed by atoms with Gasteiger partial charge in [0, 0.05) is 11.3 Å². The Kier molecular flexibility index (Phi) is 6.05. The Balaban J connectivity index is 1.84. The number of carbonyl (C=O) groups is 2. The van der Waals surface area contributed by atoms with Gasteiger partial charge in [0.25, 0.3) is 11.8 Å². The number of imide groups is 1. The molecule has 4 rings (SSSR count). The largest absolute Gasteiger partial charge is 0.496 e. The van der Waals surface area contributed by atoms with Crippen molar-refractivity contribution >= 4 is 28.8 Å². The quantitative estimate of drug-likeness (QED) is 0.490. The SMILES string of the molecule is COc1ccccc1C1=C(Nc2ccc(C(C)C)cc2)C(=O)N(c2cc(C)cc(C)c2)C1=O. The highest BCUT2D eigenvalue weighted by molar-refractivity contribution is 6.46. The fraction of sp³-hybridized carbons (Fsp3) is 0.214. The fourth-order valence-corrected chi connectivity index (χ4v) is 4.16. The van der Waals surface area contributed by atoms with Gasteiger partial charge in [-0.15, -0.1) is 0 Å². The Morgan fingerprint density at radius 2 is 1.48 bits per heavy atom. The highest BCUT2D eigenvalue weighted by atomic mass is 16.5. The third-order valence-corrected chi connectivity index (χ3v) is 5.77. The summed E-state index contributed by atoms with van der Waals surface area (Å²) in [6.07, 6.45) is 0. The smallest absolute Gasteiger partial charge is 0.282 e. The summed E-state index contributed by atoms with van der Waals surface area (Å²) in [7, 11) is 1.56. The van der Waals surface area contributed by atoms with Crippen LogP contribution in [0.2, 0.25) is 0 Å². The van der Waals surface area contributed by atoms with E-state index in [9.17, 15) is 9.59 Å². The molecule has 1 aliphatic rings. The number of amides is 2. The first-order valence-electron chi connectivity index (χ1n) is 11.0. The maximum Gasteiger partial charge on any atom is 0.282 e. The van der Waals surface area contributed by atoms with Crippen LogP contribution in [-0.2, 0) is 9.59 Å². The first-order valence-corrected chi connectivity index (χ1v) is 11.0. The normalized spacial score (nSPS) is 13.8. The van der Waals surface area contributed by atoms with E-state index in [1.54, 1.807) is 19.2 Å². The number of methoxy groups -OCH3 is 1. The molecule has 0 aliphatic carbocycles. The molecule has 33 heavy (non-hydrogen) atoms. The van der Waals surface area contributed by atoms with E-state index in [-0.39, 0.29) is 17.5 Å². The zero-order chi connectivity index (χ0) is 23.7. The van der Waals surface area contributed by atoms with Gasteiger partial charge in [0.05, 0.1) is 18.4 Å². The van der Waals surface area contributed by atoms with Gasteiger partial charge >= 0.3 is 0 Å². The van der Waals surface area contributed by atoms with E-state index >= 15 is 0 Å². The van der Waals surface area contributed by atoms with Crippen LogP contribution in [0.5, 0.6) is 5.75 Å². The first-order chi connectivity index (χ1) is 15.8. The van der Waals surface area contributed by atoms with Crippen molar-refractivity contribution in [2.75, 3.05) is 17.3 Å². The van der Waals surface area contributed by atoms with Crippen molar-refractivity contribution in [3.63, 3.8) is 0 Å². The maximum absolute atomic E-state index is 13.7. The topological polar surface area (TPSA) is 58.6 Å². The minimum Gasteiger partial charge on any atom is -0.496 e. The molecule has 168 valence electrons. The number of para-hydroxylation sites is 1. The second-order valence-electron chi connectivity index (χ2n) is 8.64. The lowest BCUT2D eigenvalue weighted by molar-refractivity contribution is -0.120. The van der Waals surface area contributed by atoms with Gasteiger partial charge in [-0.25, -0.2) is 4.90 Å². The second kappa shape index (κ2) is 8.94. The Morgan fingerprint density at radius 3 is 2.09 bits per heavy atom. The van der Waals surface area contributed by atoms with Gasteiger partial charge < -0.3 is 10.1 Å². The van der Waals surface area contributed by atoms with E-state index in [1.807, 2.05) is 68.4 Å². The van der Waals surface area contributed by atoms with Crippen LogP contribution >= 0.6 is 0 Å². The molecule has 0 aromatic heterocycles. The molecule has 0 saturated carbocycles. The lowest BCUT2D eigenvalue weighted by Gasteiger charge is -2.17. The molecule has 0 atom stereocenters. The molecule has 5 heteroatoms. The number of benzene rings is 3. The Bertz CT molecular complexity index is 1240. The van der Waals surface area contributed by atoms with Crippen LogP contribution in [0.3, 0.4) is 0 Å². The Morgan fingerprint density at radius 1 is 0.848 bits per heavy atom. The molecular weight excluding hydrogens is 412 g/mol. The average Bonchev–Trinajstić information content (AvgIpc) is 3.02. The number of hydrogen-bond donors (Lipinski definition) is 1. The third kappa shape index (κ3) is 4.27. The summed E-state index contributed by atoms with van der Waals surface area (Å²) in [6, 6.07) is 20.9. The lowest BCUT2D eigenvalue weighted by Crippen LogP contribution is -2.32.